The molecule has 2 aliphatic heterocycles. The zero-order valence-electron chi connectivity index (χ0n) is 17.3. The summed E-state index contributed by atoms with van der Waals surface area (Å²) in [4.78, 5) is 20.8. The van der Waals surface area contributed by atoms with Gasteiger partial charge in [0.05, 0.1) is 11.7 Å². The third-order valence-electron chi connectivity index (χ3n) is 6.02. The van der Waals surface area contributed by atoms with Crippen LogP contribution >= 0.6 is 0 Å². The van der Waals surface area contributed by atoms with Crippen molar-refractivity contribution in [1.29, 1.82) is 0 Å². The molecular weight excluding hydrogens is 378 g/mol. The van der Waals surface area contributed by atoms with E-state index in [0.29, 0.717) is 11.7 Å². The topological polar surface area (TPSA) is 74.4 Å². The summed E-state index contributed by atoms with van der Waals surface area (Å²) in [6.45, 7) is 5.94. The predicted molar refractivity (Wildman–Crippen MR) is 114 cm³/mol. The van der Waals surface area contributed by atoms with Crippen LogP contribution in [-0.2, 0) is 6.54 Å². The van der Waals surface area contributed by atoms with Crippen molar-refractivity contribution in [3.63, 3.8) is 0 Å². The molecule has 0 aromatic carbocycles. The van der Waals surface area contributed by atoms with E-state index in [-0.39, 0.29) is 6.04 Å². The van der Waals surface area contributed by atoms with Crippen LogP contribution in [0.2, 0.25) is 0 Å². The molecule has 8 heteroatoms. The van der Waals surface area contributed by atoms with Crippen molar-refractivity contribution in [1.82, 2.24) is 29.9 Å². The van der Waals surface area contributed by atoms with E-state index in [1.165, 1.54) is 0 Å². The molecule has 156 valence electrons. The number of anilines is 1. The van der Waals surface area contributed by atoms with Gasteiger partial charge in [0.15, 0.2) is 0 Å². The minimum absolute atomic E-state index is 0.144. The van der Waals surface area contributed by atoms with Crippen molar-refractivity contribution >= 4 is 5.82 Å². The molecule has 0 N–H and O–H groups in total. The summed E-state index contributed by atoms with van der Waals surface area (Å²) < 4.78 is 5.66. The van der Waals surface area contributed by atoms with Crippen LogP contribution in [0.4, 0.5) is 5.82 Å². The van der Waals surface area contributed by atoms with Crippen molar-refractivity contribution in [3.8, 4) is 11.4 Å². The maximum absolute atomic E-state index is 5.66. The van der Waals surface area contributed by atoms with Gasteiger partial charge in [-0.25, -0.2) is 4.98 Å². The monoisotopic (exact) mass is 405 g/mol. The Morgan fingerprint density at radius 1 is 1.03 bits per heavy atom. The number of likely N-dealkylation sites (tertiary alicyclic amines) is 1. The van der Waals surface area contributed by atoms with E-state index in [0.717, 1.165) is 69.2 Å². The lowest BCUT2D eigenvalue weighted by atomic mass is 10.2. The van der Waals surface area contributed by atoms with Gasteiger partial charge in [0.1, 0.15) is 5.82 Å². The Balaban J connectivity index is 1.28. The van der Waals surface area contributed by atoms with Crippen molar-refractivity contribution in [2.24, 2.45) is 0 Å². The fourth-order valence-corrected chi connectivity index (χ4v) is 4.22. The number of aromatic nitrogens is 4. The normalized spacial score (nSPS) is 20.7. The molecule has 0 aliphatic carbocycles. The summed E-state index contributed by atoms with van der Waals surface area (Å²) >= 11 is 0. The van der Waals surface area contributed by atoms with Crippen LogP contribution in [0.5, 0.6) is 0 Å². The maximum Gasteiger partial charge on any atom is 0.244 e. The van der Waals surface area contributed by atoms with E-state index in [4.69, 9.17) is 9.51 Å². The molecule has 0 bridgehead atoms. The molecule has 1 atom stereocenters. The average molecular weight is 406 g/mol. The summed E-state index contributed by atoms with van der Waals surface area (Å²) in [5, 5.41) is 4.24. The zero-order chi connectivity index (χ0) is 20.3. The summed E-state index contributed by atoms with van der Waals surface area (Å²) in [5.41, 5.74) is 1.95. The molecule has 0 amide bonds. The molecule has 5 heterocycles. The number of pyridine rings is 2. The number of piperazine rings is 1. The van der Waals surface area contributed by atoms with Crippen LogP contribution in [0.3, 0.4) is 0 Å². The molecule has 2 aliphatic rings. The van der Waals surface area contributed by atoms with Gasteiger partial charge in [-0.05, 0) is 50.7 Å². The van der Waals surface area contributed by atoms with E-state index in [9.17, 15) is 0 Å². The lowest BCUT2D eigenvalue weighted by Crippen LogP contribution is -2.44. The standard InChI is InChI=1S/C22H27N7O/c1-27-11-13-28(14-12-27)20-8-7-17(15-24-20)21-25-22(30-26-21)19-6-4-10-29(19)16-18-5-2-3-9-23-18/h2-3,5,7-9,15,19H,4,6,10-14,16H2,1H3/t19-/m0/s1. The van der Waals surface area contributed by atoms with Crippen LogP contribution < -0.4 is 4.90 Å². The average Bonchev–Trinajstić information content (AvgIpc) is 3.45. The quantitative estimate of drug-likeness (QED) is 0.641. The Morgan fingerprint density at radius 3 is 2.70 bits per heavy atom. The number of hydrogen-bond acceptors (Lipinski definition) is 8. The molecule has 3 aromatic rings. The van der Waals surface area contributed by atoms with E-state index in [1.54, 1.807) is 0 Å². The smallest absolute Gasteiger partial charge is 0.244 e. The molecule has 0 spiro atoms. The molecule has 3 aromatic heterocycles. The van der Waals surface area contributed by atoms with E-state index < -0.39 is 0 Å². The first-order valence-electron chi connectivity index (χ1n) is 10.6. The van der Waals surface area contributed by atoms with Gasteiger partial charge in [-0.15, -0.1) is 0 Å². The van der Waals surface area contributed by atoms with Gasteiger partial charge in [0.2, 0.25) is 11.7 Å². The van der Waals surface area contributed by atoms with Gasteiger partial charge >= 0.3 is 0 Å². The van der Waals surface area contributed by atoms with E-state index in [1.807, 2.05) is 30.6 Å². The van der Waals surface area contributed by atoms with Gasteiger partial charge in [0, 0.05) is 50.7 Å². The first-order valence-corrected chi connectivity index (χ1v) is 10.6. The summed E-state index contributed by atoms with van der Waals surface area (Å²) in [5.74, 6) is 2.29. The summed E-state index contributed by atoms with van der Waals surface area (Å²) in [6.07, 6.45) is 5.83. The van der Waals surface area contributed by atoms with Crippen LogP contribution in [0.25, 0.3) is 11.4 Å². The molecule has 5 rings (SSSR count). The lowest BCUT2D eigenvalue weighted by Gasteiger charge is -2.33. The maximum atomic E-state index is 5.66. The Labute approximate surface area is 176 Å². The van der Waals surface area contributed by atoms with Crippen LogP contribution in [-0.4, -0.2) is 69.7 Å². The second-order valence-corrected chi connectivity index (χ2v) is 8.10. The van der Waals surface area contributed by atoms with Crippen molar-refractivity contribution in [3.05, 3.63) is 54.3 Å². The second kappa shape index (κ2) is 8.49. The highest BCUT2D eigenvalue weighted by Gasteiger charge is 2.31. The van der Waals surface area contributed by atoms with Gasteiger partial charge in [-0.2, -0.15) is 4.98 Å². The highest BCUT2D eigenvalue weighted by Crippen LogP contribution is 2.33. The van der Waals surface area contributed by atoms with Crippen molar-refractivity contribution in [2.45, 2.75) is 25.4 Å². The minimum Gasteiger partial charge on any atom is -0.354 e. The Morgan fingerprint density at radius 2 is 1.93 bits per heavy atom. The lowest BCUT2D eigenvalue weighted by molar-refractivity contribution is 0.199. The van der Waals surface area contributed by atoms with Crippen LogP contribution in [0.1, 0.15) is 30.5 Å². The second-order valence-electron chi connectivity index (χ2n) is 8.10. The molecule has 8 nitrogen and oxygen atoms in total. The minimum atomic E-state index is 0.144. The first-order chi connectivity index (χ1) is 14.8. The third kappa shape index (κ3) is 4.06. The number of nitrogens with zero attached hydrogens (tertiary/aromatic N) is 7. The zero-order valence-corrected chi connectivity index (χ0v) is 17.3. The highest BCUT2D eigenvalue weighted by atomic mass is 16.5. The molecular formula is C22H27N7O. The number of rotatable bonds is 5. The predicted octanol–water partition coefficient (Wildman–Crippen LogP) is 2.62. The van der Waals surface area contributed by atoms with Gasteiger partial charge in [-0.3, -0.25) is 9.88 Å². The van der Waals surface area contributed by atoms with E-state index in [2.05, 4.69) is 49.0 Å². The van der Waals surface area contributed by atoms with Crippen LogP contribution in [0, 0.1) is 0 Å². The number of hydrogen-bond donors (Lipinski definition) is 0. The van der Waals surface area contributed by atoms with Crippen molar-refractivity contribution in [2.75, 3.05) is 44.7 Å². The Hall–Kier alpha value is -2.84. The Kier molecular flexibility index (Phi) is 5.42. The largest absolute Gasteiger partial charge is 0.354 e. The van der Waals surface area contributed by atoms with Crippen molar-refractivity contribution < 1.29 is 4.52 Å². The fraction of sp³-hybridized carbons (Fsp3) is 0.455. The molecule has 0 radical (unpaired) electrons. The molecule has 0 saturated carbocycles. The summed E-state index contributed by atoms with van der Waals surface area (Å²) in [7, 11) is 2.16. The molecule has 0 unspecified atom stereocenters. The third-order valence-corrected chi connectivity index (χ3v) is 6.02. The molecule has 2 saturated heterocycles. The number of likely N-dealkylation sites (N-methyl/N-ethyl adjacent to an activating group) is 1. The van der Waals surface area contributed by atoms with E-state index >= 15 is 0 Å². The van der Waals surface area contributed by atoms with Gasteiger partial charge in [0.25, 0.3) is 0 Å². The fourth-order valence-electron chi connectivity index (χ4n) is 4.22. The van der Waals surface area contributed by atoms with Crippen LogP contribution in [0.15, 0.2) is 47.2 Å². The highest BCUT2D eigenvalue weighted by molar-refractivity contribution is 5.56. The molecule has 2 fully saturated rings. The Bertz CT molecular complexity index is 951. The first kappa shape index (κ1) is 19.1. The van der Waals surface area contributed by atoms with Gasteiger partial charge in [-0.1, -0.05) is 11.2 Å². The summed E-state index contributed by atoms with van der Waals surface area (Å²) in [6, 6.07) is 10.3. The van der Waals surface area contributed by atoms with Gasteiger partial charge < -0.3 is 14.3 Å². The molecule has 30 heavy (non-hydrogen) atoms. The SMILES string of the molecule is CN1CCN(c2ccc(-c3noc([C@@H]4CCCN4Cc4ccccn4)n3)cn2)CC1.